The zero-order chi connectivity index (χ0) is 14.4. The summed E-state index contributed by atoms with van der Waals surface area (Å²) in [5.74, 6) is -0.808. The predicted octanol–water partition coefficient (Wildman–Crippen LogP) is 3.26. The van der Waals surface area contributed by atoms with Crippen LogP contribution in [0.15, 0.2) is 48.5 Å². The third-order valence-electron chi connectivity index (χ3n) is 2.93. The Labute approximate surface area is 123 Å². The van der Waals surface area contributed by atoms with E-state index in [0.717, 1.165) is 34.8 Å². The summed E-state index contributed by atoms with van der Waals surface area (Å²) in [4.78, 5) is 10.6. The first-order valence-corrected chi connectivity index (χ1v) is 6.76. The Kier molecular flexibility index (Phi) is 5.16. The van der Waals surface area contributed by atoms with Crippen LogP contribution in [-0.2, 0) is 24.3 Å². The average molecular weight is 290 g/mol. The fourth-order valence-corrected chi connectivity index (χ4v) is 2.16. The van der Waals surface area contributed by atoms with Gasteiger partial charge in [0.2, 0.25) is 0 Å². The molecule has 2 N–H and O–H groups in total. The summed E-state index contributed by atoms with van der Waals surface area (Å²) >= 11 is 5.92. The fraction of sp³-hybridized carbons (Fsp3) is 0.188. The van der Waals surface area contributed by atoms with Gasteiger partial charge >= 0.3 is 5.97 Å². The highest BCUT2D eigenvalue weighted by molar-refractivity contribution is 6.30. The number of hydrogen-bond acceptors (Lipinski definition) is 2. The molecule has 0 aliphatic rings. The number of benzene rings is 2. The van der Waals surface area contributed by atoms with Crippen molar-refractivity contribution in [3.63, 3.8) is 0 Å². The summed E-state index contributed by atoms with van der Waals surface area (Å²) in [6.07, 6.45) is 0.0657. The number of halogens is 1. The van der Waals surface area contributed by atoms with Crippen LogP contribution >= 0.6 is 11.6 Å². The molecule has 0 aliphatic heterocycles. The van der Waals surface area contributed by atoms with E-state index in [1.165, 1.54) is 0 Å². The van der Waals surface area contributed by atoms with Gasteiger partial charge in [-0.05, 0) is 28.8 Å². The molecule has 2 rings (SSSR count). The van der Waals surface area contributed by atoms with E-state index in [-0.39, 0.29) is 6.42 Å². The maximum atomic E-state index is 10.6. The molecule has 0 saturated heterocycles. The lowest BCUT2D eigenvalue weighted by Crippen LogP contribution is -2.12. The lowest BCUT2D eigenvalue weighted by Gasteiger charge is -2.06. The van der Waals surface area contributed by atoms with Crippen molar-refractivity contribution in [1.82, 2.24) is 5.32 Å². The van der Waals surface area contributed by atoms with Crippen LogP contribution in [-0.4, -0.2) is 11.1 Å². The van der Waals surface area contributed by atoms with Gasteiger partial charge in [-0.15, -0.1) is 0 Å². The van der Waals surface area contributed by atoms with E-state index in [0.29, 0.717) is 0 Å². The Hall–Kier alpha value is -1.84. The largest absolute Gasteiger partial charge is 0.481 e. The quantitative estimate of drug-likeness (QED) is 0.858. The molecule has 2 aromatic rings. The molecule has 0 aliphatic carbocycles. The van der Waals surface area contributed by atoms with Crippen molar-refractivity contribution in [2.45, 2.75) is 19.5 Å². The molecule has 0 fully saturated rings. The van der Waals surface area contributed by atoms with Crippen molar-refractivity contribution < 1.29 is 9.90 Å². The summed E-state index contributed by atoms with van der Waals surface area (Å²) < 4.78 is 0. The van der Waals surface area contributed by atoms with Crippen molar-refractivity contribution in [3.8, 4) is 0 Å². The second-order valence-corrected chi connectivity index (χ2v) is 5.06. The van der Waals surface area contributed by atoms with Gasteiger partial charge in [0.15, 0.2) is 0 Å². The molecule has 0 amide bonds. The van der Waals surface area contributed by atoms with Crippen LogP contribution in [0.5, 0.6) is 0 Å². The van der Waals surface area contributed by atoms with Crippen molar-refractivity contribution >= 4 is 17.6 Å². The van der Waals surface area contributed by atoms with Crippen LogP contribution in [0.25, 0.3) is 0 Å². The molecule has 0 saturated carbocycles. The molecule has 0 radical (unpaired) electrons. The monoisotopic (exact) mass is 289 g/mol. The zero-order valence-electron chi connectivity index (χ0n) is 11.0. The number of carboxylic acids is 1. The highest BCUT2D eigenvalue weighted by Gasteiger charge is 2.00. The number of rotatable bonds is 6. The first-order chi connectivity index (χ1) is 9.63. The molecule has 0 heterocycles. The summed E-state index contributed by atoms with van der Waals surface area (Å²) in [5.41, 5.74) is 3.08. The maximum absolute atomic E-state index is 10.6. The minimum absolute atomic E-state index is 0.0657. The molecule has 0 atom stereocenters. The molecule has 0 aromatic heterocycles. The Morgan fingerprint density at radius 1 is 1.00 bits per heavy atom. The van der Waals surface area contributed by atoms with Gasteiger partial charge in [0, 0.05) is 18.1 Å². The Balaban J connectivity index is 1.83. The summed E-state index contributed by atoms with van der Waals surface area (Å²) in [5, 5.41) is 12.8. The van der Waals surface area contributed by atoms with E-state index in [1.807, 2.05) is 48.5 Å². The van der Waals surface area contributed by atoms with E-state index in [1.54, 1.807) is 0 Å². The molecule has 0 unspecified atom stereocenters. The molecular formula is C16H16ClNO2. The van der Waals surface area contributed by atoms with Crippen LogP contribution < -0.4 is 5.32 Å². The first-order valence-electron chi connectivity index (χ1n) is 6.38. The summed E-state index contributed by atoms with van der Waals surface area (Å²) in [6, 6.07) is 15.3. The average Bonchev–Trinajstić information content (AvgIpc) is 2.40. The minimum Gasteiger partial charge on any atom is -0.481 e. The van der Waals surface area contributed by atoms with Gasteiger partial charge in [-0.25, -0.2) is 0 Å². The maximum Gasteiger partial charge on any atom is 0.307 e. The predicted molar refractivity (Wildman–Crippen MR) is 79.8 cm³/mol. The van der Waals surface area contributed by atoms with Gasteiger partial charge in [0.1, 0.15) is 0 Å². The lowest BCUT2D eigenvalue weighted by molar-refractivity contribution is -0.136. The molecule has 104 valence electrons. The number of carbonyl (C=O) groups is 1. The molecule has 2 aromatic carbocycles. The topological polar surface area (TPSA) is 49.3 Å². The standard InChI is InChI=1S/C16H16ClNO2/c17-15-3-1-2-14(8-15)11-18-10-13-6-4-12(5-7-13)9-16(19)20/h1-8,18H,9-11H2,(H,19,20). The third kappa shape index (κ3) is 4.68. The van der Waals surface area contributed by atoms with Crippen LogP contribution in [0.3, 0.4) is 0 Å². The number of carboxylic acid groups (broad SMARTS) is 1. The minimum atomic E-state index is -0.808. The van der Waals surface area contributed by atoms with Gasteiger partial charge in [0.05, 0.1) is 6.42 Å². The third-order valence-corrected chi connectivity index (χ3v) is 3.16. The number of nitrogens with one attached hydrogen (secondary N) is 1. The molecular weight excluding hydrogens is 274 g/mol. The second kappa shape index (κ2) is 7.08. The van der Waals surface area contributed by atoms with Gasteiger partial charge in [-0.2, -0.15) is 0 Å². The Morgan fingerprint density at radius 2 is 1.65 bits per heavy atom. The van der Waals surface area contributed by atoms with E-state index in [2.05, 4.69) is 5.32 Å². The number of hydrogen-bond donors (Lipinski definition) is 2. The molecule has 4 heteroatoms. The second-order valence-electron chi connectivity index (χ2n) is 4.62. The Bertz CT molecular complexity index is 581. The molecule has 20 heavy (non-hydrogen) atoms. The van der Waals surface area contributed by atoms with Crippen molar-refractivity contribution in [3.05, 3.63) is 70.2 Å². The van der Waals surface area contributed by atoms with Gasteiger partial charge < -0.3 is 10.4 Å². The van der Waals surface area contributed by atoms with E-state index in [9.17, 15) is 4.79 Å². The van der Waals surface area contributed by atoms with E-state index < -0.39 is 5.97 Å². The molecule has 3 nitrogen and oxygen atoms in total. The van der Waals surface area contributed by atoms with Crippen LogP contribution in [0.1, 0.15) is 16.7 Å². The Morgan fingerprint density at radius 3 is 2.30 bits per heavy atom. The SMILES string of the molecule is O=C(O)Cc1ccc(CNCc2cccc(Cl)c2)cc1. The lowest BCUT2D eigenvalue weighted by atomic mass is 10.1. The van der Waals surface area contributed by atoms with Gasteiger partial charge in [-0.3, -0.25) is 4.79 Å². The smallest absolute Gasteiger partial charge is 0.307 e. The van der Waals surface area contributed by atoms with Crippen LogP contribution in [0.4, 0.5) is 0 Å². The van der Waals surface area contributed by atoms with E-state index in [4.69, 9.17) is 16.7 Å². The fourth-order valence-electron chi connectivity index (χ4n) is 1.95. The van der Waals surface area contributed by atoms with E-state index >= 15 is 0 Å². The van der Waals surface area contributed by atoms with Gasteiger partial charge in [0.25, 0.3) is 0 Å². The first kappa shape index (κ1) is 14.6. The van der Waals surface area contributed by atoms with Crippen molar-refractivity contribution in [2.24, 2.45) is 0 Å². The van der Waals surface area contributed by atoms with Crippen molar-refractivity contribution in [1.29, 1.82) is 0 Å². The summed E-state index contributed by atoms with van der Waals surface area (Å²) in [7, 11) is 0. The van der Waals surface area contributed by atoms with Crippen LogP contribution in [0, 0.1) is 0 Å². The number of aliphatic carboxylic acids is 1. The molecule has 0 spiro atoms. The normalized spacial score (nSPS) is 10.4. The molecule has 0 bridgehead atoms. The summed E-state index contributed by atoms with van der Waals surface area (Å²) in [6.45, 7) is 1.48. The highest BCUT2D eigenvalue weighted by atomic mass is 35.5. The van der Waals surface area contributed by atoms with Crippen molar-refractivity contribution in [2.75, 3.05) is 0 Å². The van der Waals surface area contributed by atoms with Crippen LogP contribution in [0.2, 0.25) is 5.02 Å². The zero-order valence-corrected chi connectivity index (χ0v) is 11.7. The highest BCUT2D eigenvalue weighted by Crippen LogP contribution is 2.11. The van der Waals surface area contributed by atoms with Gasteiger partial charge in [-0.1, -0.05) is 48.0 Å².